The molecular formula is C16H17BrN2O5S. The van der Waals surface area contributed by atoms with Crippen molar-refractivity contribution in [3.63, 3.8) is 0 Å². The van der Waals surface area contributed by atoms with Gasteiger partial charge in [0.2, 0.25) is 0 Å². The molecular weight excluding hydrogens is 412 g/mol. The van der Waals surface area contributed by atoms with Gasteiger partial charge in [-0.05, 0) is 42.4 Å². The zero-order chi connectivity index (χ0) is 18.6. The van der Waals surface area contributed by atoms with Crippen molar-refractivity contribution in [1.82, 2.24) is 10.2 Å². The van der Waals surface area contributed by atoms with Crippen LogP contribution in [-0.4, -0.2) is 47.3 Å². The molecule has 0 saturated carbocycles. The average molecular weight is 429 g/mol. The lowest BCUT2D eigenvalue weighted by molar-refractivity contribution is -0.139. The van der Waals surface area contributed by atoms with Crippen molar-refractivity contribution in [3.8, 4) is 11.5 Å². The number of hydrogen-bond acceptors (Lipinski definition) is 5. The number of nitrogens with zero attached hydrogens (tertiary/aromatic N) is 1. The van der Waals surface area contributed by atoms with Crippen molar-refractivity contribution in [1.29, 1.82) is 0 Å². The van der Waals surface area contributed by atoms with Crippen molar-refractivity contribution in [3.05, 3.63) is 27.9 Å². The second-order valence-electron chi connectivity index (χ2n) is 5.15. The smallest absolute Gasteiger partial charge is 0.341 e. The third-order valence-corrected chi connectivity index (χ3v) is 4.35. The molecule has 134 valence electrons. The molecule has 9 heteroatoms. The maximum atomic E-state index is 12.4. The number of thiocarbonyl (C=S) groups is 1. The monoisotopic (exact) mass is 428 g/mol. The number of halogens is 1. The number of carboxylic acids is 1. The molecule has 7 nitrogen and oxygen atoms in total. The third kappa shape index (κ3) is 4.49. The van der Waals surface area contributed by atoms with Crippen LogP contribution in [-0.2, 0) is 9.59 Å². The Morgan fingerprint density at radius 3 is 2.76 bits per heavy atom. The van der Waals surface area contributed by atoms with Crippen LogP contribution in [0.25, 0.3) is 6.08 Å². The molecule has 1 fully saturated rings. The topological polar surface area (TPSA) is 88.1 Å². The van der Waals surface area contributed by atoms with Gasteiger partial charge in [0, 0.05) is 11.0 Å². The van der Waals surface area contributed by atoms with Crippen LogP contribution >= 0.6 is 28.1 Å². The summed E-state index contributed by atoms with van der Waals surface area (Å²) in [6.07, 6.45) is 2.45. The van der Waals surface area contributed by atoms with Gasteiger partial charge in [0.25, 0.3) is 5.91 Å². The Balaban J connectivity index is 2.32. The maximum Gasteiger partial charge on any atom is 0.341 e. The number of methoxy groups -OCH3 is 1. The first kappa shape index (κ1) is 19.2. The number of carbonyl (C=O) groups excluding carboxylic acids is 1. The molecule has 1 heterocycles. The molecule has 0 radical (unpaired) electrons. The second kappa shape index (κ2) is 8.30. The fourth-order valence-electron chi connectivity index (χ4n) is 2.23. The molecule has 1 aromatic carbocycles. The molecule has 1 amide bonds. The number of benzene rings is 1. The molecule has 0 atom stereocenters. The van der Waals surface area contributed by atoms with Crippen LogP contribution in [0.3, 0.4) is 0 Å². The number of amides is 1. The quantitative estimate of drug-likeness (QED) is 0.508. The number of hydrogen-bond donors (Lipinski definition) is 2. The van der Waals surface area contributed by atoms with Crippen LogP contribution in [0.4, 0.5) is 0 Å². The van der Waals surface area contributed by atoms with E-state index in [9.17, 15) is 9.59 Å². The minimum absolute atomic E-state index is 0.191. The third-order valence-electron chi connectivity index (χ3n) is 3.34. The van der Waals surface area contributed by atoms with Crippen LogP contribution in [0.2, 0.25) is 0 Å². The number of rotatable bonds is 7. The fraction of sp³-hybridized carbons (Fsp3) is 0.312. The normalized spacial score (nSPS) is 15.5. The van der Waals surface area contributed by atoms with Crippen LogP contribution in [0.5, 0.6) is 11.5 Å². The van der Waals surface area contributed by atoms with Crippen molar-refractivity contribution in [2.45, 2.75) is 13.3 Å². The molecule has 1 aromatic rings. The molecule has 2 rings (SSSR count). The summed E-state index contributed by atoms with van der Waals surface area (Å²) in [5, 5.41) is 12.0. The highest BCUT2D eigenvalue weighted by Crippen LogP contribution is 2.35. The van der Waals surface area contributed by atoms with Crippen molar-refractivity contribution in [2.24, 2.45) is 0 Å². The Labute approximate surface area is 158 Å². The van der Waals surface area contributed by atoms with E-state index in [1.807, 2.05) is 6.92 Å². The van der Waals surface area contributed by atoms with E-state index >= 15 is 0 Å². The molecule has 1 aliphatic rings. The van der Waals surface area contributed by atoms with E-state index in [1.165, 1.54) is 12.0 Å². The highest BCUT2D eigenvalue weighted by molar-refractivity contribution is 9.10. The van der Waals surface area contributed by atoms with Gasteiger partial charge in [-0.25, -0.2) is 4.79 Å². The van der Waals surface area contributed by atoms with Crippen LogP contribution in [0.15, 0.2) is 22.3 Å². The van der Waals surface area contributed by atoms with Crippen LogP contribution in [0, 0.1) is 0 Å². The number of aliphatic carboxylic acids is 1. The highest BCUT2D eigenvalue weighted by atomic mass is 79.9. The SMILES string of the molecule is CCCN1C(=O)/C(=C/c2cc(OC)c(OCC(=O)O)cc2Br)NC1=S. The van der Waals surface area contributed by atoms with Gasteiger partial charge in [-0.15, -0.1) is 0 Å². The van der Waals surface area contributed by atoms with E-state index < -0.39 is 12.6 Å². The van der Waals surface area contributed by atoms with Gasteiger partial charge >= 0.3 is 5.97 Å². The summed E-state index contributed by atoms with van der Waals surface area (Å²) in [6, 6.07) is 3.24. The Morgan fingerprint density at radius 2 is 2.16 bits per heavy atom. The molecule has 0 aromatic heterocycles. The molecule has 2 N–H and O–H groups in total. The highest BCUT2D eigenvalue weighted by Gasteiger charge is 2.30. The Bertz CT molecular complexity index is 750. The molecule has 25 heavy (non-hydrogen) atoms. The second-order valence-corrected chi connectivity index (χ2v) is 6.39. The first-order chi connectivity index (χ1) is 11.9. The number of carbonyl (C=O) groups is 2. The van der Waals surface area contributed by atoms with Gasteiger partial charge < -0.3 is 19.9 Å². The van der Waals surface area contributed by atoms with Gasteiger partial charge in [-0.1, -0.05) is 22.9 Å². The van der Waals surface area contributed by atoms with Crippen LogP contribution in [0.1, 0.15) is 18.9 Å². The molecule has 1 saturated heterocycles. The van der Waals surface area contributed by atoms with Gasteiger partial charge in [0.1, 0.15) is 5.70 Å². The lowest BCUT2D eigenvalue weighted by atomic mass is 10.1. The van der Waals surface area contributed by atoms with Crippen LogP contribution < -0.4 is 14.8 Å². The van der Waals surface area contributed by atoms with E-state index in [0.29, 0.717) is 33.1 Å². The molecule has 0 aliphatic carbocycles. The minimum Gasteiger partial charge on any atom is -0.493 e. The zero-order valence-corrected chi connectivity index (χ0v) is 16.1. The minimum atomic E-state index is -1.09. The van der Waals surface area contributed by atoms with E-state index in [0.717, 1.165) is 6.42 Å². The summed E-state index contributed by atoms with van der Waals surface area (Å²) in [5.74, 6) is -0.638. The fourth-order valence-corrected chi connectivity index (χ4v) is 2.95. The molecule has 1 aliphatic heterocycles. The number of carboxylic acid groups (broad SMARTS) is 1. The predicted molar refractivity (Wildman–Crippen MR) is 99.5 cm³/mol. The molecule has 0 bridgehead atoms. The summed E-state index contributed by atoms with van der Waals surface area (Å²) in [4.78, 5) is 24.6. The summed E-state index contributed by atoms with van der Waals surface area (Å²) in [5.41, 5.74) is 1.02. The number of ether oxygens (including phenoxy) is 2. The lowest BCUT2D eigenvalue weighted by Gasteiger charge is -2.12. The average Bonchev–Trinajstić information content (AvgIpc) is 2.82. The first-order valence-corrected chi connectivity index (χ1v) is 8.64. The van der Waals surface area contributed by atoms with Crippen molar-refractivity contribution in [2.75, 3.05) is 20.3 Å². The van der Waals surface area contributed by atoms with Gasteiger partial charge in [-0.3, -0.25) is 9.69 Å². The lowest BCUT2D eigenvalue weighted by Crippen LogP contribution is -2.31. The van der Waals surface area contributed by atoms with Gasteiger partial charge in [0.15, 0.2) is 23.2 Å². The zero-order valence-electron chi connectivity index (χ0n) is 13.7. The number of nitrogens with one attached hydrogen (secondary N) is 1. The van der Waals surface area contributed by atoms with E-state index in [-0.39, 0.29) is 11.7 Å². The Morgan fingerprint density at radius 1 is 1.44 bits per heavy atom. The summed E-state index contributed by atoms with van der Waals surface area (Å²) >= 11 is 8.57. The van der Waals surface area contributed by atoms with Crippen molar-refractivity contribution < 1.29 is 24.2 Å². The Hall–Kier alpha value is -2.13. The van der Waals surface area contributed by atoms with Gasteiger partial charge in [-0.2, -0.15) is 0 Å². The van der Waals surface area contributed by atoms with E-state index in [4.69, 9.17) is 26.8 Å². The largest absolute Gasteiger partial charge is 0.493 e. The standard InChI is InChI=1S/C16H17BrN2O5S/c1-3-4-19-15(22)11(18-16(19)25)5-9-6-12(23-2)13(7-10(9)17)24-8-14(20)21/h5-7H,3-4,8H2,1-2H3,(H,18,25)(H,20,21)/b11-5-. The van der Waals surface area contributed by atoms with E-state index in [2.05, 4.69) is 21.2 Å². The molecule has 0 spiro atoms. The predicted octanol–water partition coefficient (Wildman–Crippen LogP) is 2.39. The molecule has 0 unspecified atom stereocenters. The first-order valence-electron chi connectivity index (χ1n) is 7.44. The van der Waals surface area contributed by atoms with Crippen molar-refractivity contribution >= 4 is 51.2 Å². The summed E-state index contributed by atoms with van der Waals surface area (Å²) in [6.45, 7) is 2.03. The summed E-state index contributed by atoms with van der Waals surface area (Å²) < 4.78 is 11.1. The van der Waals surface area contributed by atoms with Gasteiger partial charge in [0.05, 0.1) is 7.11 Å². The van der Waals surface area contributed by atoms with E-state index in [1.54, 1.807) is 18.2 Å². The Kier molecular flexibility index (Phi) is 6.38. The maximum absolute atomic E-state index is 12.4. The summed E-state index contributed by atoms with van der Waals surface area (Å²) in [7, 11) is 1.45.